The van der Waals surface area contributed by atoms with E-state index in [0.29, 0.717) is 36.8 Å². The lowest BCUT2D eigenvalue weighted by molar-refractivity contribution is -0.870. The van der Waals surface area contributed by atoms with Crippen LogP contribution in [-0.2, 0) is 16.0 Å². The Morgan fingerprint density at radius 3 is 2.56 bits per heavy atom. The lowest BCUT2D eigenvalue weighted by Gasteiger charge is -2.30. The molecule has 3 heterocycles. The Kier molecular flexibility index (Phi) is 10.3. The van der Waals surface area contributed by atoms with Crippen molar-refractivity contribution in [3.63, 3.8) is 0 Å². The van der Waals surface area contributed by atoms with Crippen molar-refractivity contribution in [2.24, 2.45) is 5.92 Å². The predicted molar refractivity (Wildman–Crippen MR) is 155 cm³/mol. The first-order chi connectivity index (χ1) is 19.6. The summed E-state index contributed by atoms with van der Waals surface area (Å²) in [4.78, 5) is 34.9. The van der Waals surface area contributed by atoms with Gasteiger partial charge in [0.05, 0.1) is 46.3 Å². The molecule has 4 rings (SSSR count). The summed E-state index contributed by atoms with van der Waals surface area (Å²) in [7, 11) is 6.55. The van der Waals surface area contributed by atoms with Crippen LogP contribution in [0.15, 0.2) is 28.8 Å². The van der Waals surface area contributed by atoms with E-state index < -0.39 is 11.9 Å². The van der Waals surface area contributed by atoms with Crippen LogP contribution < -0.4 is 9.47 Å². The van der Waals surface area contributed by atoms with Crippen molar-refractivity contribution in [1.29, 1.82) is 0 Å². The Morgan fingerprint density at radius 2 is 1.88 bits per heavy atom. The zero-order chi connectivity index (χ0) is 29.6. The maximum absolute atomic E-state index is 13.8. The van der Waals surface area contributed by atoms with Crippen molar-refractivity contribution in [2.45, 2.75) is 64.3 Å². The molecule has 0 bridgehead atoms. The third kappa shape index (κ3) is 8.23. The highest BCUT2D eigenvalue weighted by atomic mass is 16.7. The first-order valence-corrected chi connectivity index (χ1v) is 14.9. The molecule has 1 N–H and O–H groups in total. The van der Waals surface area contributed by atoms with Crippen LogP contribution in [0.1, 0.15) is 62.2 Å². The molecule has 3 atom stereocenters. The first-order valence-electron chi connectivity index (χ1n) is 14.9. The summed E-state index contributed by atoms with van der Waals surface area (Å²) in [6, 6.07) is 5.32. The number of aryl methyl sites for hydroxylation is 2. The molecular weight excluding hydrogens is 524 g/mol. The smallest absolute Gasteiger partial charge is 0.308 e. The number of nitrogens with zero attached hydrogens (tertiary/aromatic N) is 4. The van der Waals surface area contributed by atoms with Gasteiger partial charge in [0.2, 0.25) is 12.7 Å². The van der Waals surface area contributed by atoms with Gasteiger partial charge in [0, 0.05) is 38.0 Å². The van der Waals surface area contributed by atoms with Crippen LogP contribution in [0.3, 0.4) is 0 Å². The van der Waals surface area contributed by atoms with E-state index in [1.807, 2.05) is 30.0 Å². The number of aliphatic carboxylic acids is 1. The summed E-state index contributed by atoms with van der Waals surface area (Å²) >= 11 is 0. The zero-order valence-electron chi connectivity index (χ0n) is 25.3. The van der Waals surface area contributed by atoms with Crippen molar-refractivity contribution < 1.29 is 33.1 Å². The van der Waals surface area contributed by atoms with Gasteiger partial charge >= 0.3 is 5.97 Å². The van der Waals surface area contributed by atoms with Crippen LogP contribution in [0.5, 0.6) is 11.5 Å². The van der Waals surface area contributed by atoms with E-state index in [2.05, 4.69) is 38.0 Å². The summed E-state index contributed by atoms with van der Waals surface area (Å²) in [6.07, 6.45) is 6.68. The molecule has 41 heavy (non-hydrogen) atoms. The minimum atomic E-state index is -0.862. The van der Waals surface area contributed by atoms with Crippen LogP contribution in [0.4, 0.5) is 0 Å². The van der Waals surface area contributed by atoms with Crippen molar-refractivity contribution >= 4 is 11.9 Å². The molecule has 0 aliphatic carbocycles. The number of unbranched alkanes of at least 4 members (excludes halogenated alkanes) is 2. The number of ether oxygens (including phenoxy) is 2. The molecule has 1 amide bonds. The highest BCUT2D eigenvalue weighted by molar-refractivity contribution is 5.79. The van der Waals surface area contributed by atoms with Gasteiger partial charge in [-0.1, -0.05) is 19.4 Å². The van der Waals surface area contributed by atoms with Crippen LogP contribution in [0.25, 0.3) is 0 Å². The number of fused-ring (bicyclic) bond motifs is 1. The molecule has 1 aromatic carbocycles. The number of carbonyl (C=O) groups is 2. The molecule has 2 aliphatic heterocycles. The second-order valence-electron chi connectivity index (χ2n) is 12.4. The quantitative estimate of drug-likeness (QED) is 0.253. The third-order valence-electron chi connectivity index (χ3n) is 8.16. The Hall–Kier alpha value is -3.11. The Morgan fingerprint density at radius 1 is 1.12 bits per heavy atom. The van der Waals surface area contributed by atoms with Gasteiger partial charge in [0.1, 0.15) is 5.76 Å². The zero-order valence-corrected chi connectivity index (χ0v) is 25.3. The molecule has 2 aliphatic rings. The van der Waals surface area contributed by atoms with E-state index in [1.54, 1.807) is 6.20 Å². The minimum absolute atomic E-state index is 0.0659. The fraction of sp³-hybridized carbons (Fsp3) is 0.645. The Labute approximate surface area is 243 Å². The van der Waals surface area contributed by atoms with E-state index >= 15 is 0 Å². The van der Waals surface area contributed by atoms with E-state index in [9.17, 15) is 14.7 Å². The van der Waals surface area contributed by atoms with E-state index in [0.717, 1.165) is 61.1 Å². The largest absolute Gasteiger partial charge is 0.481 e. The molecule has 0 saturated carbocycles. The van der Waals surface area contributed by atoms with Crippen LogP contribution in [0, 0.1) is 12.8 Å². The molecule has 1 fully saturated rings. The molecule has 10 heteroatoms. The fourth-order valence-corrected chi connectivity index (χ4v) is 6.00. The fourth-order valence-electron chi connectivity index (χ4n) is 6.00. The standard InChI is InChI=1S/C31H46N4O6/c1-6-7-14-33(15-8-9-16-35(3,4)5)29(36)20-34-19-24(23-10-12-26-27(17-23)40-21-39-26)30(31(37)38)25(34)11-13-28-32-18-22(2)41-28/h10,12,17-18,24-25,30H,6-9,11,13-16,19-21H2,1-5H3/p+1/t24-,25+,30-/m1/s1. The highest BCUT2D eigenvalue weighted by Crippen LogP contribution is 2.43. The van der Waals surface area contributed by atoms with Crippen LogP contribution in [0.2, 0.25) is 0 Å². The maximum atomic E-state index is 13.8. The number of hydrogen-bond donors (Lipinski definition) is 1. The van der Waals surface area contributed by atoms with Crippen molar-refractivity contribution in [3.05, 3.63) is 41.6 Å². The average molecular weight is 572 g/mol. The van der Waals surface area contributed by atoms with Crippen LogP contribution >= 0.6 is 0 Å². The number of aromatic nitrogens is 1. The van der Waals surface area contributed by atoms with Crippen molar-refractivity contribution in [3.8, 4) is 11.5 Å². The number of carboxylic acid groups (broad SMARTS) is 1. The van der Waals surface area contributed by atoms with E-state index in [-0.39, 0.29) is 31.2 Å². The number of benzene rings is 1. The van der Waals surface area contributed by atoms with Crippen molar-refractivity contribution in [1.82, 2.24) is 14.8 Å². The summed E-state index contributed by atoms with van der Waals surface area (Å²) in [5, 5.41) is 10.5. The number of likely N-dealkylation sites (tertiary alicyclic amines) is 1. The Balaban J connectivity index is 1.53. The topological polar surface area (TPSA) is 105 Å². The SMILES string of the molecule is CCCCN(CCCC[N+](C)(C)C)C(=O)CN1C[C@H](c2ccc3c(c2)OCO3)[C@@H](C(=O)O)[C@@H]1CCc1ncc(C)o1. The number of amides is 1. The molecule has 1 saturated heterocycles. The molecule has 2 aromatic rings. The van der Waals surface area contributed by atoms with Gasteiger partial charge < -0.3 is 28.4 Å². The predicted octanol–water partition coefficient (Wildman–Crippen LogP) is 3.93. The summed E-state index contributed by atoms with van der Waals surface area (Å²) in [5.41, 5.74) is 0.886. The number of carboxylic acids is 1. The molecule has 0 unspecified atom stereocenters. The molecule has 1 aromatic heterocycles. The monoisotopic (exact) mass is 571 g/mol. The van der Waals surface area contributed by atoms with E-state index in [1.165, 1.54) is 0 Å². The van der Waals surface area contributed by atoms with Gasteiger partial charge in [-0.15, -0.1) is 0 Å². The van der Waals surface area contributed by atoms with Crippen LogP contribution in [-0.4, -0.2) is 103 Å². The average Bonchev–Trinajstić information content (AvgIpc) is 3.64. The molecule has 0 radical (unpaired) electrons. The number of quaternary nitrogens is 1. The number of carbonyl (C=O) groups excluding carboxylic acids is 1. The summed E-state index contributed by atoms with van der Waals surface area (Å²) in [5.74, 6) is 0.837. The maximum Gasteiger partial charge on any atom is 0.308 e. The summed E-state index contributed by atoms with van der Waals surface area (Å²) in [6.45, 7) is 7.31. The van der Waals surface area contributed by atoms with Gasteiger partial charge in [-0.2, -0.15) is 0 Å². The lowest BCUT2D eigenvalue weighted by atomic mass is 9.83. The first kappa shape index (κ1) is 30.8. The normalized spacial score (nSPS) is 20.5. The van der Waals surface area contributed by atoms with Gasteiger partial charge in [0.25, 0.3) is 0 Å². The lowest BCUT2D eigenvalue weighted by Crippen LogP contribution is -2.45. The third-order valence-corrected chi connectivity index (χ3v) is 8.16. The summed E-state index contributed by atoms with van der Waals surface area (Å²) < 4.78 is 17.7. The Bertz CT molecular complexity index is 1180. The molecule has 10 nitrogen and oxygen atoms in total. The number of rotatable bonds is 15. The molecule has 0 spiro atoms. The second kappa shape index (κ2) is 13.7. The second-order valence-corrected chi connectivity index (χ2v) is 12.4. The van der Waals surface area contributed by atoms with Gasteiger partial charge in [-0.25, -0.2) is 4.98 Å². The minimum Gasteiger partial charge on any atom is -0.481 e. The molecule has 226 valence electrons. The number of hydrogen-bond acceptors (Lipinski definition) is 7. The highest BCUT2D eigenvalue weighted by Gasteiger charge is 2.47. The number of oxazole rings is 1. The van der Waals surface area contributed by atoms with Gasteiger partial charge in [-0.3, -0.25) is 14.5 Å². The van der Waals surface area contributed by atoms with Gasteiger partial charge in [-0.05, 0) is 50.3 Å². The van der Waals surface area contributed by atoms with Gasteiger partial charge in [0.15, 0.2) is 17.4 Å². The van der Waals surface area contributed by atoms with Crippen molar-refractivity contribution in [2.75, 3.05) is 60.7 Å². The van der Waals surface area contributed by atoms with E-state index in [4.69, 9.17) is 13.9 Å². The molecular formula is C31H47N4O6+.